The number of methoxy groups -OCH3 is 3. The van der Waals surface area contributed by atoms with E-state index >= 15 is 0 Å². The third-order valence-electron chi connectivity index (χ3n) is 4.70. The molecule has 0 aromatic heterocycles. The maximum absolute atomic E-state index is 12.5. The number of carbonyl (C=O) groups excluding carboxylic acids is 2. The van der Waals surface area contributed by atoms with E-state index in [1.807, 2.05) is 4.90 Å². The highest BCUT2D eigenvalue weighted by molar-refractivity contribution is 5.95. The van der Waals surface area contributed by atoms with E-state index in [0.29, 0.717) is 41.8 Å². The molecule has 25 heavy (non-hydrogen) atoms. The normalized spacial score (nSPS) is 19.7. The van der Waals surface area contributed by atoms with E-state index in [-0.39, 0.29) is 17.7 Å². The first-order chi connectivity index (χ1) is 12.1. The predicted octanol–water partition coefficient (Wildman–Crippen LogP) is 1.45. The van der Waals surface area contributed by atoms with Crippen LogP contribution in [-0.2, 0) is 4.79 Å². The Labute approximate surface area is 147 Å². The summed E-state index contributed by atoms with van der Waals surface area (Å²) < 4.78 is 15.8. The van der Waals surface area contributed by atoms with Gasteiger partial charge >= 0.3 is 0 Å². The second-order valence-corrected chi connectivity index (χ2v) is 6.47. The fraction of sp³-hybridized carbons (Fsp3) is 0.556. The molecule has 1 atom stereocenters. The van der Waals surface area contributed by atoms with E-state index in [0.717, 1.165) is 19.4 Å². The molecule has 2 aliphatic rings. The van der Waals surface area contributed by atoms with Gasteiger partial charge in [-0.1, -0.05) is 0 Å². The fourth-order valence-corrected chi connectivity index (χ4v) is 3.24. The minimum Gasteiger partial charge on any atom is -0.493 e. The van der Waals surface area contributed by atoms with Crippen molar-refractivity contribution in [2.24, 2.45) is 5.92 Å². The van der Waals surface area contributed by atoms with Crippen LogP contribution in [0.1, 0.15) is 29.6 Å². The van der Waals surface area contributed by atoms with Crippen LogP contribution in [0.4, 0.5) is 0 Å². The van der Waals surface area contributed by atoms with Crippen molar-refractivity contribution < 1.29 is 23.8 Å². The molecule has 1 aromatic rings. The molecule has 2 fully saturated rings. The SMILES string of the molecule is COc1cc(C(=O)NCC2CC(=O)N(C3CC3)C2)cc(OC)c1OC. The molecular formula is C18H24N2O5. The molecule has 1 unspecified atom stereocenters. The van der Waals surface area contributed by atoms with Crippen molar-refractivity contribution >= 4 is 11.8 Å². The van der Waals surface area contributed by atoms with Gasteiger partial charge in [-0.15, -0.1) is 0 Å². The van der Waals surface area contributed by atoms with Gasteiger partial charge in [-0.05, 0) is 25.0 Å². The summed E-state index contributed by atoms with van der Waals surface area (Å²) in [5.41, 5.74) is 0.429. The molecule has 1 aromatic carbocycles. The maximum Gasteiger partial charge on any atom is 0.251 e. The van der Waals surface area contributed by atoms with Crippen LogP contribution in [0.3, 0.4) is 0 Å². The van der Waals surface area contributed by atoms with Gasteiger partial charge < -0.3 is 24.4 Å². The van der Waals surface area contributed by atoms with Crippen molar-refractivity contribution in [3.63, 3.8) is 0 Å². The lowest BCUT2D eigenvalue weighted by molar-refractivity contribution is -0.128. The maximum atomic E-state index is 12.5. The molecular weight excluding hydrogens is 324 g/mol. The van der Waals surface area contributed by atoms with Gasteiger partial charge in [-0.2, -0.15) is 0 Å². The first kappa shape index (κ1) is 17.4. The Morgan fingerprint density at radius 3 is 2.32 bits per heavy atom. The number of nitrogens with zero attached hydrogens (tertiary/aromatic N) is 1. The Balaban J connectivity index is 1.64. The van der Waals surface area contributed by atoms with Crippen LogP contribution >= 0.6 is 0 Å². The van der Waals surface area contributed by atoms with E-state index in [9.17, 15) is 9.59 Å². The summed E-state index contributed by atoms with van der Waals surface area (Å²) in [7, 11) is 4.54. The van der Waals surface area contributed by atoms with Gasteiger partial charge in [0.05, 0.1) is 21.3 Å². The number of ether oxygens (including phenoxy) is 3. The summed E-state index contributed by atoms with van der Waals surface area (Å²) in [6.45, 7) is 1.21. The summed E-state index contributed by atoms with van der Waals surface area (Å²) in [6, 6.07) is 3.67. The Hall–Kier alpha value is -2.44. The number of amides is 2. The molecule has 1 saturated carbocycles. The lowest BCUT2D eigenvalue weighted by Gasteiger charge is -2.16. The Morgan fingerprint density at radius 2 is 1.80 bits per heavy atom. The fourth-order valence-electron chi connectivity index (χ4n) is 3.24. The summed E-state index contributed by atoms with van der Waals surface area (Å²) >= 11 is 0. The first-order valence-corrected chi connectivity index (χ1v) is 8.45. The van der Waals surface area contributed by atoms with Gasteiger partial charge in [0.15, 0.2) is 11.5 Å². The van der Waals surface area contributed by atoms with Crippen LogP contribution in [0.5, 0.6) is 17.2 Å². The number of likely N-dealkylation sites (tertiary alicyclic amines) is 1. The number of benzene rings is 1. The van der Waals surface area contributed by atoms with Gasteiger partial charge in [-0.25, -0.2) is 0 Å². The summed E-state index contributed by atoms with van der Waals surface area (Å²) in [5, 5.41) is 2.91. The molecule has 0 spiro atoms. The zero-order chi connectivity index (χ0) is 18.0. The number of hydrogen-bond donors (Lipinski definition) is 1. The van der Waals surface area contributed by atoms with Gasteiger partial charge in [0.25, 0.3) is 5.91 Å². The third-order valence-corrected chi connectivity index (χ3v) is 4.70. The average Bonchev–Trinajstić information content (AvgIpc) is 3.40. The zero-order valence-electron chi connectivity index (χ0n) is 14.8. The van der Waals surface area contributed by atoms with Crippen LogP contribution < -0.4 is 19.5 Å². The second kappa shape index (κ2) is 7.21. The van der Waals surface area contributed by atoms with Crippen molar-refractivity contribution in [2.75, 3.05) is 34.4 Å². The first-order valence-electron chi connectivity index (χ1n) is 8.45. The van der Waals surface area contributed by atoms with Crippen LogP contribution in [0.2, 0.25) is 0 Å². The van der Waals surface area contributed by atoms with Gasteiger partial charge in [-0.3, -0.25) is 9.59 Å². The van der Waals surface area contributed by atoms with Crippen molar-refractivity contribution in [3.8, 4) is 17.2 Å². The number of rotatable bonds is 7. The molecule has 1 saturated heterocycles. The molecule has 1 heterocycles. The van der Waals surface area contributed by atoms with Gasteiger partial charge in [0.2, 0.25) is 11.7 Å². The van der Waals surface area contributed by atoms with E-state index in [4.69, 9.17) is 14.2 Å². The van der Waals surface area contributed by atoms with Gasteiger partial charge in [0, 0.05) is 37.0 Å². The quantitative estimate of drug-likeness (QED) is 0.807. The molecule has 7 heteroatoms. The molecule has 0 bridgehead atoms. The highest BCUT2D eigenvalue weighted by Gasteiger charge is 2.39. The van der Waals surface area contributed by atoms with Crippen molar-refractivity contribution in [2.45, 2.75) is 25.3 Å². The van der Waals surface area contributed by atoms with Crippen LogP contribution in [0.25, 0.3) is 0 Å². The van der Waals surface area contributed by atoms with E-state index in [2.05, 4.69) is 5.32 Å². The molecule has 2 amide bonds. The monoisotopic (exact) mass is 348 g/mol. The van der Waals surface area contributed by atoms with E-state index in [1.54, 1.807) is 12.1 Å². The topological polar surface area (TPSA) is 77.1 Å². The summed E-state index contributed by atoms with van der Waals surface area (Å²) in [4.78, 5) is 26.4. The smallest absolute Gasteiger partial charge is 0.251 e. The Bertz CT molecular complexity index is 646. The van der Waals surface area contributed by atoms with Crippen molar-refractivity contribution in [3.05, 3.63) is 17.7 Å². The zero-order valence-corrected chi connectivity index (χ0v) is 14.8. The standard InChI is InChI=1S/C18H24N2O5/c1-23-14-7-12(8-15(24-2)17(14)25-3)18(22)19-9-11-6-16(21)20(10-11)13-4-5-13/h7-8,11,13H,4-6,9-10H2,1-3H3,(H,19,22). The largest absolute Gasteiger partial charge is 0.493 e. The van der Waals surface area contributed by atoms with Crippen LogP contribution in [0.15, 0.2) is 12.1 Å². The van der Waals surface area contributed by atoms with E-state index in [1.165, 1.54) is 21.3 Å². The molecule has 7 nitrogen and oxygen atoms in total. The molecule has 136 valence electrons. The Kier molecular flexibility index (Phi) is 5.01. The van der Waals surface area contributed by atoms with E-state index < -0.39 is 0 Å². The van der Waals surface area contributed by atoms with Crippen molar-refractivity contribution in [1.29, 1.82) is 0 Å². The predicted molar refractivity (Wildman–Crippen MR) is 91.3 cm³/mol. The number of carbonyl (C=O) groups is 2. The molecule has 0 radical (unpaired) electrons. The van der Waals surface area contributed by atoms with Gasteiger partial charge in [0.1, 0.15) is 0 Å². The lowest BCUT2D eigenvalue weighted by atomic mass is 10.1. The molecule has 1 aliphatic heterocycles. The lowest BCUT2D eigenvalue weighted by Crippen LogP contribution is -2.32. The summed E-state index contributed by atoms with van der Waals surface area (Å²) in [6.07, 6.45) is 2.72. The third kappa shape index (κ3) is 3.65. The highest BCUT2D eigenvalue weighted by atomic mass is 16.5. The Morgan fingerprint density at radius 1 is 1.16 bits per heavy atom. The average molecular weight is 348 g/mol. The molecule has 3 rings (SSSR count). The van der Waals surface area contributed by atoms with Crippen LogP contribution in [0, 0.1) is 5.92 Å². The minimum absolute atomic E-state index is 0.166. The second-order valence-electron chi connectivity index (χ2n) is 6.47. The number of hydrogen-bond acceptors (Lipinski definition) is 5. The van der Waals surface area contributed by atoms with Crippen molar-refractivity contribution in [1.82, 2.24) is 10.2 Å². The minimum atomic E-state index is -0.225. The highest BCUT2D eigenvalue weighted by Crippen LogP contribution is 2.38. The molecule has 1 aliphatic carbocycles. The summed E-state index contributed by atoms with van der Waals surface area (Å²) in [5.74, 6) is 1.46. The van der Waals surface area contributed by atoms with Crippen LogP contribution in [-0.4, -0.2) is 57.2 Å². The molecule has 1 N–H and O–H groups in total. The number of nitrogens with one attached hydrogen (secondary N) is 1.